The molecule has 0 spiro atoms. The maximum atomic E-state index is 11.9. The van der Waals surface area contributed by atoms with Crippen LogP contribution in [0.15, 0.2) is 36.4 Å². The van der Waals surface area contributed by atoms with Gasteiger partial charge in [0.1, 0.15) is 0 Å². The van der Waals surface area contributed by atoms with E-state index in [2.05, 4.69) is 19.1 Å². The number of hydrogen-bond acceptors (Lipinski definition) is 3. The van der Waals surface area contributed by atoms with Gasteiger partial charge in [0.15, 0.2) is 0 Å². The van der Waals surface area contributed by atoms with Crippen molar-refractivity contribution >= 4 is 28.5 Å². The smallest absolute Gasteiger partial charge is 0.310 e. The highest BCUT2D eigenvalue weighted by molar-refractivity contribution is 6.30. The average molecular weight is 368 g/mol. The molecule has 26 heavy (non-hydrogen) atoms. The molecule has 2 aromatic carbocycles. The number of halogens is 1. The van der Waals surface area contributed by atoms with Gasteiger partial charge in [-0.1, -0.05) is 29.8 Å². The summed E-state index contributed by atoms with van der Waals surface area (Å²) in [6.45, 7) is 6.17. The van der Waals surface area contributed by atoms with Crippen LogP contribution in [-0.2, 0) is 22.4 Å². The molecule has 4 heteroatoms. The fourth-order valence-electron chi connectivity index (χ4n) is 3.47. The standard InChI is InChI=1S/C22H22ClNO2/c1-13-9-17(12-21(25)26-4)22-14(2)19(15(3)24-20(22)10-13)11-16-5-7-18(23)8-6-16/h5-10H,11-12H2,1-4H3. The van der Waals surface area contributed by atoms with E-state index in [1.54, 1.807) is 0 Å². The van der Waals surface area contributed by atoms with E-state index in [4.69, 9.17) is 21.3 Å². The molecule has 3 nitrogen and oxygen atoms in total. The van der Waals surface area contributed by atoms with Gasteiger partial charge in [0, 0.05) is 16.1 Å². The summed E-state index contributed by atoms with van der Waals surface area (Å²) < 4.78 is 4.87. The monoisotopic (exact) mass is 367 g/mol. The Bertz CT molecular complexity index is 978. The zero-order chi connectivity index (χ0) is 18.8. The molecule has 0 saturated heterocycles. The number of esters is 1. The lowest BCUT2D eigenvalue weighted by Gasteiger charge is -2.16. The van der Waals surface area contributed by atoms with Crippen LogP contribution in [0.5, 0.6) is 0 Å². The molecule has 1 heterocycles. The van der Waals surface area contributed by atoms with Crippen LogP contribution in [0.1, 0.15) is 33.5 Å². The minimum atomic E-state index is -0.240. The van der Waals surface area contributed by atoms with E-state index in [9.17, 15) is 4.79 Å². The summed E-state index contributed by atoms with van der Waals surface area (Å²) in [5.74, 6) is -0.240. The fraction of sp³-hybridized carbons (Fsp3) is 0.273. The third kappa shape index (κ3) is 3.73. The highest BCUT2D eigenvalue weighted by Crippen LogP contribution is 2.29. The first-order chi connectivity index (χ1) is 12.4. The first kappa shape index (κ1) is 18.4. The van der Waals surface area contributed by atoms with Gasteiger partial charge in [0.2, 0.25) is 0 Å². The normalized spacial score (nSPS) is 11.0. The molecule has 134 valence electrons. The Balaban J connectivity index is 2.15. The summed E-state index contributed by atoms with van der Waals surface area (Å²) in [5.41, 5.74) is 7.54. The predicted octanol–water partition coefficient (Wildman–Crippen LogP) is 5.12. The van der Waals surface area contributed by atoms with Crippen molar-refractivity contribution in [3.8, 4) is 0 Å². The third-order valence-electron chi connectivity index (χ3n) is 4.75. The van der Waals surface area contributed by atoms with E-state index in [0.717, 1.165) is 39.2 Å². The van der Waals surface area contributed by atoms with Crippen LogP contribution in [0.2, 0.25) is 5.02 Å². The van der Waals surface area contributed by atoms with E-state index >= 15 is 0 Å². The first-order valence-electron chi connectivity index (χ1n) is 8.59. The van der Waals surface area contributed by atoms with E-state index < -0.39 is 0 Å². The van der Waals surface area contributed by atoms with Crippen molar-refractivity contribution in [1.82, 2.24) is 4.98 Å². The van der Waals surface area contributed by atoms with Gasteiger partial charge in [-0.3, -0.25) is 9.78 Å². The van der Waals surface area contributed by atoms with Gasteiger partial charge in [-0.15, -0.1) is 0 Å². The van der Waals surface area contributed by atoms with Crippen molar-refractivity contribution in [2.45, 2.75) is 33.6 Å². The minimum Gasteiger partial charge on any atom is -0.469 e. The van der Waals surface area contributed by atoms with Gasteiger partial charge in [-0.05, 0) is 73.2 Å². The number of carbonyl (C=O) groups is 1. The molecule has 0 saturated carbocycles. The summed E-state index contributed by atoms with van der Waals surface area (Å²) in [6, 6.07) is 12.0. The molecule has 0 aliphatic rings. The fourth-order valence-corrected chi connectivity index (χ4v) is 3.59. The van der Waals surface area contributed by atoms with Gasteiger partial charge in [-0.2, -0.15) is 0 Å². The largest absolute Gasteiger partial charge is 0.469 e. The first-order valence-corrected chi connectivity index (χ1v) is 8.97. The molecule has 0 N–H and O–H groups in total. The Morgan fingerprint density at radius 3 is 2.46 bits per heavy atom. The highest BCUT2D eigenvalue weighted by atomic mass is 35.5. The number of hydrogen-bond donors (Lipinski definition) is 0. The van der Waals surface area contributed by atoms with Crippen LogP contribution >= 0.6 is 11.6 Å². The molecule has 0 aliphatic heterocycles. The maximum absolute atomic E-state index is 11.9. The number of benzene rings is 2. The molecule has 0 radical (unpaired) electrons. The lowest BCUT2D eigenvalue weighted by molar-refractivity contribution is -0.139. The van der Waals surface area contributed by atoms with E-state index in [0.29, 0.717) is 0 Å². The van der Waals surface area contributed by atoms with E-state index in [-0.39, 0.29) is 12.4 Å². The molecule has 1 aromatic heterocycles. The molecule has 3 aromatic rings. The number of nitrogens with zero attached hydrogens (tertiary/aromatic N) is 1. The van der Waals surface area contributed by atoms with Crippen molar-refractivity contribution in [1.29, 1.82) is 0 Å². The lowest BCUT2D eigenvalue weighted by atomic mass is 9.92. The number of aromatic nitrogens is 1. The molecular formula is C22H22ClNO2. The number of ether oxygens (including phenoxy) is 1. The van der Waals surface area contributed by atoms with Gasteiger partial charge in [0.25, 0.3) is 0 Å². The number of rotatable bonds is 4. The number of aryl methyl sites for hydroxylation is 3. The molecule has 0 aliphatic carbocycles. The minimum absolute atomic E-state index is 0.240. The highest BCUT2D eigenvalue weighted by Gasteiger charge is 2.16. The Hall–Kier alpha value is -2.39. The summed E-state index contributed by atoms with van der Waals surface area (Å²) in [6.07, 6.45) is 1.03. The third-order valence-corrected chi connectivity index (χ3v) is 5.00. The lowest BCUT2D eigenvalue weighted by Crippen LogP contribution is -2.08. The number of methoxy groups -OCH3 is 1. The number of pyridine rings is 1. The second kappa shape index (κ2) is 7.46. The molecule has 0 amide bonds. The quantitative estimate of drug-likeness (QED) is 0.601. The van der Waals surface area contributed by atoms with E-state index in [1.165, 1.54) is 23.8 Å². The van der Waals surface area contributed by atoms with Crippen LogP contribution < -0.4 is 0 Å². The zero-order valence-corrected chi connectivity index (χ0v) is 16.3. The van der Waals surface area contributed by atoms with Crippen molar-refractivity contribution in [3.63, 3.8) is 0 Å². The number of fused-ring (bicyclic) bond motifs is 1. The van der Waals surface area contributed by atoms with Gasteiger partial charge < -0.3 is 4.74 Å². The van der Waals surface area contributed by atoms with Crippen LogP contribution in [-0.4, -0.2) is 18.1 Å². The summed E-state index contributed by atoms with van der Waals surface area (Å²) in [4.78, 5) is 16.7. The molecule has 0 fully saturated rings. The van der Waals surface area contributed by atoms with Crippen LogP contribution in [0.25, 0.3) is 10.9 Å². The van der Waals surface area contributed by atoms with Crippen LogP contribution in [0.3, 0.4) is 0 Å². The maximum Gasteiger partial charge on any atom is 0.310 e. The molecule has 3 rings (SSSR count). The van der Waals surface area contributed by atoms with Crippen molar-refractivity contribution < 1.29 is 9.53 Å². The zero-order valence-electron chi connectivity index (χ0n) is 15.5. The summed E-state index contributed by atoms with van der Waals surface area (Å²) in [7, 11) is 1.42. The second-order valence-electron chi connectivity index (χ2n) is 6.68. The Labute approximate surface area is 159 Å². The second-order valence-corrected chi connectivity index (χ2v) is 7.11. The SMILES string of the molecule is COC(=O)Cc1cc(C)cc2nc(C)c(Cc3ccc(Cl)cc3)c(C)c12. The van der Waals surface area contributed by atoms with Crippen molar-refractivity contribution in [2.24, 2.45) is 0 Å². The summed E-state index contributed by atoms with van der Waals surface area (Å²) >= 11 is 6.00. The molecule has 0 atom stereocenters. The molecule has 0 unspecified atom stereocenters. The van der Waals surface area contributed by atoms with Gasteiger partial charge >= 0.3 is 5.97 Å². The Kier molecular flexibility index (Phi) is 5.28. The topological polar surface area (TPSA) is 39.2 Å². The number of carbonyl (C=O) groups excluding carboxylic acids is 1. The van der Waals surface area contributed by atoms with Crippen LogP contribution in [0.4, 0.5) is 0 Å². The van der Waals surface area contributed by atoms with Crippen molar-refractivity contribution in [3.05, 3.63) is 74.9 Å². The Morgan fingerprint density at radius 1 is 1.12 bits per heavy atom. The van der Waals surface area contributed by atoms with Gasteiger partial charge in [-0.25, -0.2) is 0 Å². The van der Waals surface area contributed by atoms with E-state index in [1.807, 2.05) is 38.1 Å². The molecular weight excluding hydrogens is 346 g/mol. The van der Waals surface area contributed by atoms with Crippen molar-refractivity contribution in [2.75, 3.05) is 7.11 Å². The van der Waals surface area contributed by atoms with Crippen LogP contribution in [0, 0.1) is 20.8 Å². The predicted molar refractivity (Wildman–Crippen MR) is 106 cm³/mol. The average Bonchev–Trinajstić information content (AvgIpc) is 2.59. The summed E-state index contributed by atoms with van der Waals surface area (Å²) in [5, 5.41) is 1.78. The molecule has 0 bridgehead atoms. The van der Waals surface area contributed by atoms with Gasteiger partial charge in [0.05, 0.1) is 19.0 Å². The Morgan fingerprint density at radius 2 is 1.81 bits per heavy atom.